The van der Waals surface area contributed by atoms with Crippen LogP contribution in [0.1, 0.15) is 15.9 Å². The van der Waals surface area contributed by atoms with E-state index in [4.69, 9.17) is 0 Å². The predicted octanol–water partition coefficient (Wildman–Crippen LogP) is 4.06. The van der Waals surface area contributed by atoms with Gasteiger partial charge in [0.15, 0.2) is 0 Å². The minimum Gasteiger partial charge on any atom is -0.336 e. The van der Waals surface area contributed by atoms with Crippen LogP contribution in [0.15, 0.2) is 82.6 Å². The van der Waals surface area contributed by atoms with E-state index in [0.29, 0.717) is 24.3 Å². The number of hydrogen-bond donors (Lipinski definition) is 1. The highest BCUT2D eigenvalue weighted by Gasteiger charge is 2.26. The molecule has 0 bridgehead atoms. The number of carbonyl (C=O) groups excluding carboxylic acids is 1. The molecule has 5 rings (SSSR count). The summed E-state index contributed by atoms with van der Waals surface area (Å²) < 4.78 is 28.7. The van der Waals surface area contributed by atoms with Crippen molar-refractivity contribution in [3.8, 4) is 0 Å². The second-order valence-corrected chi connectivity index (χ2v) is 11.1. The lowest BCUT2D eigenvalue weighted by Gasteiger charge is -2.35. The van der Waals surface area contributed by atoms with Crippen LogP contribution in [0.5, 0.6) is 0 Å². The van der Waals surface area contributed by atoms with Crippen molar-refractivity contribution >= 4 is 43.7 Å². The zero-order chi connectivity index (χ0) is 23.5. The van der Waals surface area contributed by atoms with Gasteiger partial charge in [0, 0.05) is 45.1 Å². The van der Waals surface area contributed by atoms with Gasteiger partial charge in [-0.2, -0.15) is 0 Å². The molecule has 1 amide bonds. The van der Waals surface area contributed by atoms with Gasteiger partial charge in [-0.15, -0.1) is 11.3 Å². The molecular weight excluding hydrogens is 468 g/mol. The van der Waals surface area contributed by atoms with Crippen molar-refractivity contribution in [3.63, 3.8) is 0 Å². The van der Waals surface area contributed by atoms with Crippen LogP contribution in [-0.2, 0) is 16.6 Å². The van der Waals surface area contributed by atoms with E-state index in [2.05, 4.69) is 14.6 Å². The number of amides is 1. The molecule has 34 heavy (non-hydrogen) atoms. The van der Waals surface area contributed by atoms with E-state index in [-0.39, 0.29) is 10.1 Å². The van der Waals surface area contributed by atoms with Crippen molar-refractivity contribution in [2.24, 2.45) is 0 Å². The molecule has 0 atom stereocenters. The highest BCUT2D eigenvalue weighted by atomic mass is 32.2. The van der Waals surface area contributed by atoms with Gasteiger partial charge in [-0.05, 0) is 52.0 Å². The number of pyridine rings is 1. The van der Waals surface area contributed by atoms with Gasteiger partial charge < -0.3 is 4.90 Å². The normalized spacial score (nSPS) is 14.9. The van der Waals surface area contributed by atoms with E-state index in [1.807, 2.05) is 36.4 Å². The summed E-state index contributed by atoms with van der Waals surface area (Å²) in [5.74, 6) is -0.168. The van der Waals surface area contributed by atoms with Gasteiger partial charge in [0.2, 0.25) is 0 Å². The van der Waals surface area contributed by atoms with E-state index < -0.39 is 10.0 Å². The Morgan fingerprint density at radius 3 is 2.32 bits per heavy atom. The summed E-state index contributed by atoms with van der Waals surface area (Å²) in [5, 5.41) is 3.47. The Morgan fingerprint density at radius 1 is 0.941 bits per heavy atom. The molecule has 3 heterocycles. The van der Waals surface area contributed by atoms with Gasteiger partial charge in [0.25, 0.3) is 15.9 Å². The number of nitrogens with one attached hydrogen (secondary N) is 1. The molecular formula is C25H24N4O3S2. The molecule has 0 aliphatic carbocycles. The maximum Gasteiger partial charge on any atom is 0.271 e. The summed E-state index contributed by atoms with van der Waals surface area (Å²) in [7, 11) is -3.78. The minimum atomic E-state index is -3.78. The zero-order valence-electron chi connectivity index (χ0n) is 18.4. The number of carbonyl (C=O) groups is 1. The Labute approximate surface area is 202 Å². The van der Waals surface area contributed by atoms with Gasteiger partial charge in [-0.3, -0.25) is 19.4 Å². The smallest absolute Gasteiger partial charge is 0.271 e. The third kappa shape index (κ3) is 4.82. The molecule has 174 valence electrons. The molecule has 0 unspecified atom stereocenters. The first-order valence-electron chi connectivity index (χ1n) is 11.0. The maximum absolute atomic E-state index is 13.6. The molecule has 1 saturated heterocycles. The van der Waals surface area contributed by atoms with Crippen molar-refractivity contribution < 1.29 is 13.2 Å². The number of anilines is 1. The number of nitrogens with zero attached hydrogens (tertiary/aromatic N) is 3. The van der Waals surface area contributed by atoms with Crippen LogP contribution in [0.4, 0.5) is 5.69 Å². The quantitative estimate of drug-likeness (QED) is 0.439. The molecule has 7 nitrogen and oxygen atoms in total. The Bertz CT molecular complexity index is 1400. The van der Waals surface area contributed by atoms with E-state index in [1.165, 1.54) is 5.56 Å². The lowest BCUT2D eigenvalue weighted by Crippen LogP contribution is -2.48. The average molecular weight is 493 g/mol. The number of hydrogen-bond acceptors (Lipinski definition) is 6. The lowest BCUT2D eigenvalue weighted by atomic mass is 10.0. The Morgan fingerprint density at radius 2 is 1.65 bits per heavy atom. The summed E-state index contributed by atoms with van der Waals surface area (Å²) in [6.07, 6.45) is 3.57. The second kappa shape index (κ2) is 9.54. The standard InChI is InChI=1S/C25H24N4O3S2/c30-25(29-13-11-28(12-14-29)18-19-7-9-26-10-8-19)22-16-20-4-1-2-5-21(20)17-23(22)27-34(31,32)24-6-3-15-33-24/h1-10,15-17,27H,11-14,18H2. The van der Waals surface area contributed by atoms with Gasteiger partial charge in [0.05, 0.1) is 11.3 Å². The molecule has 1 aliphatic heterocycles. The van der Waals surface area contributed by atoms with Crippen molar-refractivity contribution in [2.75, 3.05) is 30.9 Å². The van der Waals surface area contributed by atoms with Gasteiger partial charge >= 0.3 is 0 Å². The fourth-order valence-electron chi connectivity index (χ4n) is 4.14. The predicted molar refractivity (Wildman–Crippen MR) is 134 cm³/mol. The molecule has 1 fully saturated rings. The van der Waals surface area contributed by atoms with E-state index in [9.17, 15) is 13.2 Å². The number of fused-ring (bicyclic) bond motifs is 1. The first-order chi connectivity index (χ1) is 16.5. The fourth-order valence-corrected chi connectivity index (χ4v) is 6.20. The van der Waals surface area contributed by atoms with E-state index >= 15 is 0 Å². The number of piperazine rings is 1. The maximum atomic E-state index is 13.6. The summed E-state index contributed by atoms with van der Waals surface area (Å²) in [6.45, 7) is 3.46. The largest absolute Gasteiger partial charge is 0.336 e. The Kier molecular flexibility index (Phi) is 6.32. The summed E-state index contributed by atoms with van der Waals surface area (Å²) in [5.41, 5.74) is 1.85. The number of thiophene rings is 1. The monoisotopic (exact) mass is 492 g/mol. The summed E-state index contributed by atoms with van der Waals surface area (Å²) >= 11 is 1.14. The number of sulfonamides is 1. The van der Waals surface area contributed by atoms with Gasteiger partial charge in [-0.1, -0.05) is 30.3 Å². The highest BCUT2D eigenvalue weighted by molar-refractivity contribution is 7.94. The van der Waals surface area contributed by atoms with Crippen LogP contribution >= 0.6 is 11.3 Å². The molecule has 2 aromatic carbocycles. The van der Waals surface area contributed by atoms with Crippen molar-refractivity contribution in [1.82, 2.24) is 14.8 Å². The van der Waals surface area contributed by atoms with Crippen LogP contribution in [-0.4, -0.2) is 55.3 Å². The third-order valence-corrected chi connectivity index (χ3v) is 8.70. The van der Waals surface area contributed by atoms with E-state index in [0.717, 1.165) is 41.7 Å². The van der Waals surface area contributed by atoms with Crippen LogP contribution in [0.3, 0.4) is 0 Å². The highest BCUT2D eigenvalue weighted by Crippen LogP contribution is 2.29. The summed E-state index contributed by atoms with van der Waals surface area (Å²) in [6, 6.07) is 18.4. The number of rotatable bonds is 6. The third-order valence-electron chi connectivity index (χ3n) is 5.94. The van der Waals surface area contributed by atoms with Crippen molar-refractivity contribution in [2.45, 2.75) is 10.8 Å². The van der Waals surface area contributed by atoms with Crippen LogP contribution < -0.4 is 4.72 Å². The molecule has 0 saturated carbocycles. The molecule has 4 aromatic rings. The lowest BCUT2D eigenvalue weighted by molar-refractivity contribution is 0.0629. The average Bonchev–Trinajstić information content (AvgIpc) is 3.41. The molecule has 9 heteroatoms. The van der Waals surface area contributed by atoms with Crippen LogP contribution in [0.25, 0.3) is 10.8 Å². The first-order valence-corrected chi connectivity index (χ1v) is 13.4. The van der Waals surface area contributed by atoms with Crippen molar-refractivity contribution in [1.29, 1.82) is 0 Å². The second-order valence-electron chi connectivity index (χ2n) is 8.21. The molecule has 0 radical (unpaired) electrons. The Balaban J connectivity index is 1.39. The zero-order valence-corrected chi connectivity index (χ0v) is 20.1. The molecule has 2 aromatic heterocycles. The summed E-state index contributed by atoms with van der Waals surface area (Å²) in [4.78, 5) is 21.7. The van der Waals surface area contributed by atoms with E-state index in [1.54, 1.807) is 46.9 Å². The topological polar surface area (TPSA) is 82.6 Å². The van der Waals surface area contributed by atoms with Crippen LogP contribution in [0, 0.1) is 0 Å². The SMILES string of the molecule is O=C(c1cc2ccccc2cc1NS(=O)(=O)c1cccs1)N1CCN(Cc2ccncc2)CC1. The van der Waals surface area contributed by atoms with Gasteiger partial charge in [-0.25, -0.2) is 8.42 Å². The van der Waals surface area contributed by atoms with Crippen molar-refractivity contribution in [3.05, 3.63) is 89.6 Å². The first kappa shape index (κ1) is 22.5. The fraction of sp³-hybridized carbons (Fsp3) is 0.200. The molecule has 1 aliphatic rings. The molecule has 1 N–H and O–H groups in total. The minimum absolute atomic E-state index is 0.168. The Hall–Kier alpha value is -3.27. The number of aromatic nitrogens is 1. The van der Waals surface area contributed by atoms with Gasteiger partial charge in [0.1, 0.15) is 4.21 Å². The number of benzene rings is 2. The molecule has 0 spiro atoms. The van der Waals surface area contributed by atoms with Crippen LogP contribution in [0.2, 0.25) is 0 Å².